The zero-order valence-corrected chi connectivity index (χ0v) is 9.57. The number of hydrogen-bond acceptors (Lipinski definition) is 3. The normalized spacial score (nSPS) is 11.7. The molecule has 0 spiro atoms. The van der Waals surface area contributed by atoms with Crippen molar-refractivity contribution in [3.8, 4) is 0 Å². The monoisotopic (exact) mass is 218 g/mol. The average molecular weight is 218 g/mol. The number of aromatic amines is 1. The highest BCUT2D eigenvalue weighted by molar-refractivity contribution is 6.03. The Morgan fingerprint density at radius 1 is 1.44 bits per heavy atom. The Kier molecular flexibility index (Phi) is 2.42. The lowest BCUT2D eigenvalue weighted by Gasteiger charge is -2.19. The topological polar surface area (TPSA) is 55.0 Å². The van der Waals surface area contributed by atoms with E-state index in [0.717, 1.165) is 10.9 Å². The molecular weight excluding hydrogens is 204 g/mol. The molecule has 0 aliphatic carbocycles. The van der Waals surface area contributed by atoms with Gasteiger partial charge < -0.3 is 9.72 Å². The zero-order chi connectivity index (χ0) is 11.8. The number of ether oxygens (including phenoxy) is 1. The molecular formula is C12H14N2O2. The highest BCUT2D eigenvalue weighted by Gasteiger charge is 2.20. The predicted octanol–water partition coefficient (Wildman–Crippen LogP) is 2.52. The summed E-state index contributed by atoms with van der Waals surface area (Å²) >= 11 is 0. The maximum Gasteiger partial charge on any atom is 0.340 e. The standard InChI is InChI=1S/C12H14N2O2/c1-12(2,3)16-11(15)9-6-14-10-7-13-5-4-8(9)10/h4-7,14H,1-3H3. The van der Waals surface area contributed by atoms with Crippen LogP contribution in [-0.4, -0.2) is 21.5 Å². The molecule has 2 heterocycles. The third kappa shape index (κ3) is 2.05. The lowest BCUT2D eigenvalue weighted by Crippen LogP contribution is -2.23. The van der Waals surface area contributed by atoms with E-state index in [9.17, 15) is 4.79 Å². The number of hydrogen-bond donors (Lipinski definition) is 1. The molecule has 0 amide bonds. The van der Waals surface area contributed by atoms with Crippen LogP contribution in [0.25, 0.3) is 10.9 Å². The van der Waals surface area contributed by atoms with E-state index in [1.807, 2.05) is 20.8 Å². The third-order valence-electron chi connectivity index (χ3n) is 2.10. The van der Waals surface area contributed by atoms with Gasteiger partial charge in [0.2, 0.25) is 0 Å². The summed E-state index contributed by atoms with van der Waals surface area (Å²) in [6, 6.07) is 1.80. The largest absolute Gasteiger partial charge is 0.456 e. The van der Waals surface area contributed by atoms with Crippen LogP contribution in [0, 0.1) is 0 Å². The molecule has 0 aliphatic heterocycles. The molecule has 0 radical (unpaired) electrons. The van der Waals surface area contributed by atoms with Crippen molar-refractivity contribution in [1.29, 1.82) is 0 Å². The highest BCUT2D eigenvalue weighted by Crippen LogP contribution is 2.19. The van der Waals surface area contributed by atoms with Gasteiger partial charge in [0.05, 0.1) is 17.3 Å². The van der Waals surface area contributed by atoms with Gasteiger partial charge in [-0.05, 0) is 26.8 Å². The van der Waals surface area contributed by atoms with Crippen molar-refractivity contribution < 1.29 is 9.53 Å². The Hall–Kier alpha value is -1.84. The first-order chi connectivity index (χ1) is 7.47. The van der Waals surface area contributed by atoms with Gasteiger partial charge in [0.1, 0.15) is 5.60 Å². The Labute approximate surface area is 93.6 Å². The summed E-state index contributed by atoms with van der Waals surface area (Å²) in [6.07, 6.45) is 4.99. The van der Waals surface area contributed by atoms with Crippen LogP contribution >= 0.6 is 0 Å². The Bertz CT molecular complexity index is 523. The fourth-order valence-electron chi connectivity index (χ4n) is 1.47. The van der Waals surface area contributed by atoms with Crippen molar-refractivity contribution in [2.24, 2.45) is 0 Å². The smallest absolute Gasteiger partial charge is 0.340 e. The van der Waals surface area contributed by atoms with Crippen LogP contribution in [0.3, 0.4) is 0 Å². The van der Waals surface area contributed by atoms with Gasteiger partial charge in [0.25, 0.3) is 0 Å². The molecule has 84 valence electrons. The molecule has 0 aromatic carbocycles. The molecule has 0 fully saturated rings. The quantitative estimate of drug-likeness (QED) is 0.748. The molecule has 0 saturated heterocycles. The second-order valence-electron chi connectivity index (χ2n) is 4.63. The summed E-state index contributed by atoms with van der Waals surface area (Å²) in [5.74, 6) is -0.315. The van der Waals surface area contributed by atoms with Crippen LogP contribution in [0.1, 0.15) is 31.1 Å². The number of nitrogens with one attached hydrogen (secondary N) is 1. The highest BCUT2D eigenvalue weighted by atomic mass is 16.6. The minimum atomic E-state index is -0.478. The summed E-state index contributed by atoms with van der Waals surface area (Å²) < 4.78 is 5.31. The Balaban J connectivity index is 2.37. The fourth-order valence-corrected chi connectivity index (χ4v) is 1.47. The lowest BCUT2D eigenvalue weighted by molar-refractivity contribution is 0.00719. The number of H-pyrrole nitrogens is 1. The van der Waals surface area contributed by atoms with E-state index in [2.05, 4.69) is 9.97 Å². The lowest BCUT2D eigenvalue weighted by atomic mass is 10.1. The minimum absolute atomic E-state index is 0.315. The second kappa shape index (κ2) is 3.63. The molecule has 0 saturated carbocycles. The van der Waals surface area contributed by atoms with Crippen LogP contribution in [0.5, 0.6) is 0 Å². The first-order valence-corrected chi connectivity index (χ1v) is 5.12. The van der Waals surface area contributed by atoms with Crippen molar-refractivity contribution in [2.75, 3.05) is 0 Å². The summed E-state index contributed by atoms with van der Waals surface area (Å²) in [7, 11) is 0. The Morgan fingerprint density at radius 3 is 2.88 bits per heavy atom. The maximum absolute atomic E-state index is 11.9. The molecule has 16 heavy (non-hydrogen) atoms. The molecule has 2 aromatic rings. The van der Waals surface area contributed by atoms with Gasteiger partial charge in [0.15, 0.2) is 0 Å². The number of fused-ring (bicyclic) bond motifs is 1. The summed E-state index contributed by atoms with van der Waals surface area (Å²) in [5, 5.41) is 0.837. The minimum Gasteiger partial charge on any atom is -0.456 e. The zero-order valence-electron chi connectivity index (χ0n) is 9.57. The van der Waals surface area contributed by atoms with Crippen molar-refractivity contribution in [3.63, 3.8) is 0 Å². The summed E-state index contributed by atoms with van der Waals surface area (Å²) in [5.41, 5.74) is 0.906. The van der Waals surface area contributed by atoms with E-state index < -0.39 is 5.60 Å². The van der Waals surface area contributed by atoms with Gasteiger partial charge in [-0.1, -0.05) is 0 Å². The molecule has 0 aliphatic rings. The van der Waals surface area contributed by atoms with Gasteiger partial charge in [-0.15, -0.1) is 0 Å². The van der Waals surface area contributed by atoms with Crippen molar-refractivity contribution in [1.82, 2.24) is 9.97 Å². The number of pyridine rings is 1. The van der Waals surface area contributed by atoms with Crippen LogP contribution < -0.4 is 0 Å². The molecule has 2 aromatic heterocycles. The van der Waals surface area contributed by atoms with Crippen LogP contribution in [0.15, 0.2) is 24.7 Å². The van der Waals surface area contributed by atoms with Crippen LogP contribution in [0.4, 0.5) is 0 Å². The number of carbonyl (C=O) groups is 1. The van der Waals surface area contributed by atoms with Crippen molar-refractivity contribution in [3.05, 3.63) is 30.2 Å². The van der Waals surface area contributed by atoms with E-state index in [0.29, 0.717) is 5.56 Å². The van der Waals surface area contributed by atoms with Crippen molar-refractivity contribution in [2.45, 2.75) is 26.4 Å². The number of carbonyl (C=O) groups excluding carboxylic acids is 1. The SMILES string of the molecule is CC(C)(C)OC(=O)c1c[nH]c2cnccc12. The van der Waals surface area contributed by atoms with Crippen molar-refractivity contribution >= 4 is 16.9 Å². The summed E-state index contributed by atoms with van der Waals surface area (Å²) in [4.78, 5) is 18.8. The second-order valence-corrected chi connectivity index (χ2v) is 4.63. The van der Waals surface area contributed by atoms with E-state index >= 15 is 0 Å². The van der Waals surface area contributed by atoms with Gasteiger partial charge >= 0.3 is 5.97 Å². The number of nitrogens with zero attached hydrogens (tertiary/aromatic N) is 1. The van der Waals surface area contributed by atoms with Gasteiger partial charge in [-0.25, -0.2) is 4.79 Å². The average Bonchev–Trinajstić information content (AvgIpc) is 2.58. The third-order valence-corrected chi connectivity index (χ3v) is 2.10. The number of aromatic nitrogens is 2. The first-order valence-electron chi connectivity index (χ1n) is 5.12. The van der Waals surface area contributed by atoms with E-state index in [1.54, 1.807) is 24.7 Å². The molecule has 2 rings (SSSR count). The fraction of sp³-hybridized carbons (Fsp3) is 0.333. The molecule has 0 atom stereocenters. The van der Waals surface area contributed by atoms with Gasteiger partial charge in [-0.2, -0.15) is 0 Å². The van der Waals surface area contributed by atoms with E-state index in [1.165, 1.54) is 0 Å². The number of esters is 1. The molecule has 1 N–H and O–H groups in total. The molecule has 0 bridgehead atoms. The van der Waals surface area contributed by atoms with Gasteiger partial charge in [0, 0.05) is 17.8 Å². The van der Waals surface area contributed by atoms with E-state index in [-0.39, 0.29) is 5.97 Å². The van der Waals surface area contributed by atoms with Crippen LogP contribution in [0.2, 0.25) is 0 Å². The number of rotatable bonds is 1. The molecule has 4 heteroatoms. The maximum atomic E-state index is 11.9. The molecule has 0 unspecified atom stereocenters. The van der Waals surface area contributed by atoms with Crippen LogP contribution in [-0.2, 0) is 4.74 Å². The Morgan fingerprint density at radius 2 is 2.19 bits per heavy atom. The first kappa shape index (κ1) is 10.7. The predicted molar refractivity (Wildman–Crippen MR) is 61.3 cm³/mol. The van der Waals surface area contributed by atoms with E-state index in [4.69, 9.17) is 4.74 Å². The summed E-state index contributed by atoms with van der Waals surface area (Å²) in [6.45, 7) is 5.55. The molecule has 4 nitrogen and oxygen atoms in total. The van der Waals surface area contributed by atoms with Gasteiger partial charge in [-0.3, -0.25) is 4.98 Å².